The Morgan fingerprint density at radius 1 is 0.921 bits per heavy atom. The van der Waals surface area contributed by atoms with Crippen LogP contribution in [-0.2, 0) is 20.7 Å². The highest BCUT2D eigenvalue weighted by Gasteiger charge is 2.24. The second kappa shape index (κ2) is 15.9. The summed E-state index contributed by atoms with van der Waals surface area (Å²) >= 11 is 0. The van der Waals surface area contributed by atoms with Crippen LogP contribution < -0.4 is 11.5 Å². The van der Waals surface area contributed by atoms with E-state index in [1.165, 1.54) is 51.0 Å². The van der Waals surface area contributed by atoms with Crippen LogP contribution in [0.15, 0.2) is 48.5 Å². The molecule has 0 radical (unpaired) electrons. The van der Waals surface area contributed by atoms with E-state index in [0.29, 0.717) is 23.4 Å². The van der Waals surface area contributed by atoms with Crippen LogP contribution in [0.1, 0.15) is 99.0 Å². The number of benzene rings is 2. The van der Waals surface area contributed by atoms with Gasteiger partial charge in [-0.2, -0.15) is 0 Å². The molecule has 0 heterocycles. The average Bonchev–Trinajstić information content (AvgIpc) is 2.92. The van der Waals surface area contributed by atoms with Gasteiger partial charge in [-0.15, -0.1) is 0 Å². The molecule has 0 saturated heterocycles. The van der Waals surface area contributed by atoms with Gasteiger partial charge in [-0.1, -0.05) is 70.1 Å². The Kier molecular flexibility index (Phi) is 12.2. The van der Waals surface area contributed by atoms with E-state index >= 15 is 0 Å². The molecule has 2 aromatic carbocycles. The van der Waals surface area contributed by atoms with Gasteiger partial charge in [0.1, 0.15) is 6.10 Å². The molecular formula is C32H44N2O4. The number of anilines is 2. The molecule has 3 rings (SSSR count). The maximum atomic E-state index is 12.6. The third-order valence-electron chi connectivity index (χ3n) is 7.38. The Morgan fingerprint density at radius 2 is 1.63 bits per heavy atom. The highest BCUT2D eigenvalue weighted by molar-refractivity contribution is 5.90. The van der Waals surface area contributed by atoms with E-state index < -0.39 is 5.97 Å². The van der Waals surface area contributed by atoms with Crippen LogP contribution in [-0.4, -0.2) is 24.6 Å². The third-order valence-corrected chi connectivity index (χ3v) is 7.38. The summed E-state index contributed by atoms with van der Waals surface area (Å²) in [7, 11) is 0. The van der Waals surface area contributed by atoms with E-state index in [2.05, 4.69) is 6.92 Å². The highest BCUT2D eigenvalue weighted by atomic mass is 16.5. The molecule has 4 N–H and O–H groups in total. The molecule has 6 heteroatoms. The molecule has 0 atom stereocenters. The zero-order valence-corrected chi connectivity index (χ0v) is 22.8. The van der Waals surface area contributed by atoms with Crippen LogP contribution in [0.2, 0.25) is 0 Å². The second-order valence-corrected chi connectivity index (χ2v) is 10.4. The van der Waals surface area contributed by atoms with Crippen molar-refractivity contribution in [2.75, 3.05) is 18.1 Å². The van der Waals surface area contributed by atoms with Gasteiger partial charge < -0.3 is 20.9 Å². The average molecular weight is 521 g/mol. The van der Waals surface area contributed by atoms with Crippen molar-refractivity contribution >= 4 is 29.4 Å². The van der Waals surface area contributed by atoms with Gasteiger partial charge in [-0.25, -0.2) is 9.59 Å². The predicted molar refractivity (Wildman–Crippen MR) is 155 cm³/mol. The van der Waals surface area contributed by atoms with Gasteiger partial charge in [0.05, 0.1) is 12.2 Å². The van der Waals surface area contributed by atoms with E-state index in [9.17, 15) is 9.59 Å². The van der Waals surface area contributed by atoms with Crippen molar-refractivity contribution in [3.63, 3.8) is 0 Å². The zero-order valence-electron chi connectivity index (χ0n) is 22.8. The topological polar surface area (TPSA) is 105 Å². The van der Waals surface area contributed by atoms with Gasteiger partial charge in [-0.3, -0.25) is 0 Å². The summed E-state index contributed by atoms with van der Waals surface area (Å²) in [5, 5.41) is 0. The van der Waals surface area contributed by atoms with Gasteiger partial charge in [0.15, 0.2) is 0 Å². The minimum absolute atomic E-state index is 0.0150. The Morgan fingerprint density at radius 3 is 2.34 bits per heavy atom. The van der Waals surface area contributed by atoms with Crippen LogP contribution >= 0.6 is 0 Å². The van der Waals surface area contributed by atoms with Crippen LogP contribution in [0.3, 0.4) is 0 Å². The molecule has 6 nitrogen and oxygen atoms in total. The van der Waals surface area contributed by atoms with Gasteiger partial charge in [-0.05, 0) is 73.1 Å². The molecule has 0 unspecified atom stereocenters. The maximum Gasteiger partial charge on any atom is 0.338 e. The van der Waals surface area contributed by atoms with E-state index in [0.717, 1.165) is 42.7 Å². The fourth-order valence-electron chi connectivity index (χ4n) is 5.02. The molecule has 0 amide bonds. The first-order valence-corrected chi connectivity index (χ1v) is 14.2. The molecule has 1 aliphatic rings. The summed E-state index contributed by atoms with van der Waals surface area (Å²) in [6.07, 6.45) is 17.2. The number of carbonyl (C=O) groups excluding carboxylic acids is 2. The molecule has 1 saturated carbocycles. The van der Waals surface area contributed by atoms with Crippen LogP contribution in [0, 0.1) is 5.92 Å². The Hall–Kier alpha value is -3.28. The van der Waals surface area contributed by atoms with Gasteiger partial charge in [0, 0.05) is 23.9 Å². The lowest BCUT2D eigenvalue weighted by Gasteiger charge is -2.28. The van der Waals surface area contributed by atoms with E-state index in [-0.39, 0.29) is 18.7 Å². The van der Waals surface area contributed by atoms with Crippen LogP contribution in [0.4, 0.5) is 11.4 Å². The van der Waals surface area contributed by atoms with Crippen molar-refractivity contribution in [1.82, 2.24) is 0 Å². The van der Waals surface area contributed by atoms with Crippen molar-refractivity contribution in [3.8, 4) is 0 Å². The Bertz CT molecular complexity index is 1040. The van der Waals surface area contributed by atoms with E-state index in [4.69, 9.17) is 20.9 Å². The maximum absolute atomic E-state index is 12.6. The van der Waals surface area contributed by atoms with Gasteiger partial charge in [0.25, 0.3) is 0 Å². The molecular weight excluding hydrogens is 476 g/mol. The smallest absolute Gasteiger partial charge is 0.338 e. The summed E-state index contributed by atoms with van der Waals surface area (Å²) in [6, 6.07) is 12.4. The number of rotatable bonds is 14. The van der Waals surface area contributed by atoms with Gasteiger partial charge >= 0.3 is 11.9 Å². The van der Waals surface area contributed by atoms with E-state index in [1.54, 1.807) is 42.5 Å². The number of hydrogen-bond acceptors (Lipinski definition) is 6. The summed E-state index contributed by atoms with van der Waals surface area (Å²) in [6.45, 7) is 2.48. The summed E-state index contributed by atoms with van der Waals surface area (Å²) in [4.78, 5) is 24.7. The summed E-state index contributed by atoms with van der Waals surface area (Å²) in [5.41, 5.74) is 15.0. The van der Waals surface area contributed by atoms with Crippen molar-refractivity contribution in [2.24, 2.45) is 5.92 Å². The minimum atomic E-state index is -0.436. The Balaban J connectivity index is 1.33. The second-order valence-electron chi connectivity index (χ2n) is 10.4. The van der Waals surface area contributed by atoms with Crippen molar-refractivity contribution < 1.29 is 19.1 Å². The molecule has 0 aromatic heterocycles. The lowest BCUT2D eigenvalue weighted by atomic mass is 9.84. The molecule has 0 aliphatic heterocycles. The number of nitrogen functional groups attached to an aromatic ring is 2. The number of unbranched alkanes of at least 4 members (excludes halogenated alkanes) is 5. The third kappa shape index (κ3) is 10.2. The van der Waals surface area contributed by atoms with Crippen LogP contribution in [0.25, 0.3) is 6.08 Å². The first-order chi connectivity index (χ1) is 18.4. The monoisotopic (exact) mass is 520 g/mol. The number of ether oxygens (including phenoxy) is 2. The quantitative estimate of drug-likeness (QED) is 0.119. The highest BCUT2D eigenvalue weighted by Crippen LogP contribution is 2.30. The largest absolute Gasteiger partial charge is 0.462 e. The number of hydrogen-bond donors (Lipinski definition) is 2. The first-order valence-electron chi connectivity index (χ1n) is 14.2. The normalized spacial score (nSPS) is 17.4. The van der Waals surface area contributed by atoms with Crippen molar-refractivity contribution in [3.05, 3.63) is 65.2 Å². The first kappa shape index (κ1) is 29.3. The zero-order chi connectivity index (χ0) is 27.2. The predicted octanol–water partition coefficient (Wildman–Crippen LogP) is 7.12. The summed E-state index contributed by atoms with van der Waals surface area (Å²) < 4.78 is 11.0. The standard InChI is InChI=1S/C32H44N2O4/c1-2-3-4-5-6-7-8-24-11-18-29(19-12-24)38-32(36)27-14-9-25(10-15-27)13-20-31(35)37-22-21-26-16-17-28(33)23-30(26)34/h9-10,13-17,20,23-24,29H,2-8,11-12,18-19,21-22,33-34H2,1H3/b20-13+. The number of esters is 2. The molecule has 38 heavy (non-hydrogen) atoms. The SMILES string of the molecule is CCCCCCCCC1CCC(OC(=O)c2ccc(/C=C/C(=O)OCCc3ccc(N)cc3N)cc2)CC1. The van der Waals surface area contributed by atoms with E-state index in [1.807, 2.05) is 6.07 Å². The number of carbonyl (C=O) groups is 2. The van der Waals surface area contributed by atoms with Gasteiger partial charge in [0.2, 0.25) is 0 Å². The molecule has 1 aliphatic carbocycles. The molecule has 1 fully saturated rings. The molecule has 206 valence electrons. The molecule has 0 bridgehead atoms. The summed E-state index contributed by atoms with van der Waals surface area (Å²) in [5.74, 6) is 0.0700. The lowest BCUT2D eigenvalue weighted by molar-refractivity contribution is -0.137. The number of nitrogens with two attached hydrogens (primary N) is 2. The van der Waals surface area contributed by atoms with Crippen molar-refractivity contribution in [2.45, 2.75) is 90.1 Å². The molecule has 0 spiro atoms. The Labute approximate surface area is 227 Å². The van der Waals surface area contributed by atoms with Crippen LogP contribution in [0.5, 0.6) is 0 Å². The fraction of sp³-hybridized carbons (Fsp3) is 0.500. The lowest BCUT2D eigenvalue weighted by Crippen LogP contribution is -2.24. The fourth-order valence-corrected chi connectivity index (χ4v) is 5.02. The molecule has 2 aromatic rings. The van der Waals surface area contributed by atoms with Crippen molar-refractivity contribution in [1.29, 1.82) is 0 Å². The minimum Gasteiger partial charge on any atom is -0.462 e.